The van der Waals surface area contributed by atoms with E-state index in [1.54, 1.807) is 17.7 Å². The number of benzene rings is 2. The molecule has 30 heavy (non-hydrogen) atoms. The van der Waals surface area contributed by atoms with Crippen LogP contribution in [0.3, 0.4) is 0 Å². The number of fused-ring (bicyclic) bond motifs is 1. The number of nitro benzene ring substituents is 1. The normalized spacial score (nSPS) is 11.5. The van der Waals surface area contributed by atoms with Crippen molar-refractivity contribution in [2.45, 2.75) is 11.8 Å². The number of halogens is 1. The highest BCUT2D eigenvalue weighted by Crippen LogP contribution is 2.29. The highest BCUT2D eigenvalue weighted by molar-refractivity contribution is 7.92. The molecule has 0 aliphatic rings. The summed E-state index contributed by atoms with van der Waals surface area (Å²) in [6.45, 7) is 1.80. The molecule has 2 aromatic heterocycles. The first-order valence-corrected chi connectivity index (χ1v) is 10.5. The fourth-order valence-electron chi connectivity index (χ4n) is 2.96. The Hall–Kier alpha value is -3.50. The molecule has 0 aliphatic carbocycles. The van der Waals surface area contributed by atoms with Crippen molar-refractivity contribution >= 4 is 44.0 Å². The summed E-state index contributed by atoms with van der Waals surface area (Å²) in [7, 11) is -4.09. The number of hydrogen-bond donors (Lipinski definition) is 1. The molecule has 4 aromatic rings. The maximum atomic E-state index is 12.7. The van der Waals surface area contributed by atoms with Crippen LogP contribution in [0.15, 0.2) is 65.7 Å². The van der Waals surface area contributed by atoms with Crippen molar-refractivity contribution in [3.8, 4) is 5.69 Å². The first-order chi connectivity index (χ1) is 14.3. The zero-order chi connectivity index (χ0) is 21.5. The zero-order valence-electron chi connectivity index (χ0n) is 15.5. The highest BCUT2D eigenvalue weighted by Gasteiger charge is 2.21. The fraction of sp³-hybridized carbons (Fsp3) is 0.0526. The van der Waals surface area contributed by atoms with Crippen molar-refractivity contribution in [1.29, 1.82) is 0 Å². The molecule has 0 bridgehead atoms. The Bertz CT molecular complexity index is 1390. The molecule has 11 heteroatoms. The lowest BCUT2D eigenvalue weighted by atomic mass is 10.2. The van der Waals surface area contributed by atoms with Gasteiger partial charge in [0.1, 0.15) is 5.02 Å². The van der Waals surface area contributed by atoms with Gasteiger partial charge in [-0.25, -0.2) is 18.1 Å². The Labute approximate surface area is 176 Å². The average Bonchev–Trinajstić information content (AvgIpc) is 3.04. The van der Waals surface area contributed by atoms with E-state index in [1.165, 1.54) is 18.3 Å². The molecule has 2 heterocycles. The first-order valence-electron chi connectivity index (χ1n) is 8.64. The maximum absolute atomic E-state index is 12.7. The van der Waals surface area contributed by atoms with Crippen LogP contribution in [0.4, 0.5) is 11.4 Å². The van der Waals surface area contributed by atoms with E-state index >= 15 is 0 Å². The van der Waals surface area contributed by atoms with Crippen molar-refractivity contribution in [1.82, 2.24) is 14.8 Å². The minimum Gasteiger partial charge on any atom is -0.278 e. The van der Waals surface area contributed by atoms with Gasteiger partial charge >= 0.3 is 0 Å². The average molecular weight is 444 g/mol. The van der Waals surface area contributed by atoms with E-state index in [2.05, 4.69) is 14.8 Å². The zero-order valence-corrected chi connectivity index (χ0v) is 17.1. The number of aromatic nitrogens is 3. The van der Waals surface area contributed by atoms with Crippen LogP contribution in [-0.2, 0) is 10.0 Å². The predicted octanol–water partition coefficient (Wildman–Crippen LogP) is 4.09. The Morgan fingerprint density at radius 3 is 2.57 bits per heavy atom. The van der Waals surface area contributed by atoms with E-state index in [9.17, 15) is 18.5 Å². The predicted molar refractivity (Wildman–Crippen MR) is 113 cm³/mol. The van der Waals surface area contributed by atoms with Crippen LogP contribution >= 0.6 is 11.6 Å². The number of sulfonamides is 1. The second-order valence-electron chi connectivity index (χ2n) is 6.40. The summed E-state index contributed by atoms with van der Waals surface area (Å²) in [5, 5.41) is 16.1. The van der Waals surface area contributed by atoms with Crippen LogP contribution in [0.25, 0.3) is 16.7 Å². The number of anilines is 1. The van der Waals surface area contributed by atoms with Gasteiger partial charge in [0, 0.05) is 11.5 Å². The first kappa shape index (κ1) is 19.8. The van der Waals surface area contributed by atoms with E-state index in [0.717, 1.165) is 11.8 Å². The lowest BCUT2D eigenvalue weighted by molar-refractivity contribution is -0.384. The second-order valence-corrected chi connectivity index (χ2v) is 8.49. The van der Waals surface area contributed by atoms with Crippen molar-refractivity contribution in [2.24, 2.45) is 0 Å². The molecule has 9 nitrogen and oxygen atoms in total. The lowest BCUT2D eigenvalue weighted by Crippen LogP contribution is -2.13. The van der Waals surface area contributed by atoms with Gasteiger partial charge in [0.2, 0.25) is 0 Å². The van der Waals surface area contributed by atoms with Gasteiger partial charge in [-0.05, 0) is 37.3 Å². The van der Waals surface area contributed by atoms with Gasteiger partial charge in [-0.15, -0.1) is 0 Å². The van der Waals surface area contributed by atoms with Gasteiger partial charge in [0.15, 0.2) is 5.65 Å². The van der Waals surface area contributed by atoms with Crippen molar-refractivity contribution in [3.63, 3.8) is 0 Å². The number of nitro groups is 1. The van der Waals surface area contributed by atoms with E-state index in [0.29, 0.717) is 16.7 Å². The molecule has 0 fully saturated rings. The molecule has 0 aliphatic heterocycles. The Balaban J connectivity index is 1.72. The molecule has 0 saturated carbocycles. The molecule has 1 N–H and O–H groups in total. The van der Waals surface area contributed by atoms with Gasteiger partial charge < -0.3 is 0 Å². The van der Waals surface area contributed by atoms with Crippen molar-refractivity contribution in [2.75, 3.05) is 4.72 Å². The molecule has 4 rings (SSSR count). The second kappa shape index (κ2) is 7.39. The van der Waals surface area contributed by atoms with Crippen molar-refractivity contribution < 1.29 is 13.3 Å². The molecule has 152 valence electrons. The number of rotatable bonds is 5. The van der Waals surface area contributed by atoms with Crippen LogP contribution in [0, 0.1) is 17.0 Å². The summed E-state index contributed by atoms with van der Waals surface area (Å²) in [4.78, 5) is 14.4. The number of pyridine rings is 1. The van der Waals surface area contributed by atoms with Crippen LogP contribution in [0.5, 0.6) is 0 Å². The Morgan fingerprint density at radius 2 is 1.87 bits per heavy atom. The minimum atomic E-state index is -4.09. The summed E-state index contributed by atoms with van der Waals surface area (Å²) in [5.74, 6) is 0. The maximum Gasteiger partial charge on any atom is 0.289 e. The van der Waals surface area contributed by atoms with Gasteiger partial charge in [-0.1, -0.05) is 29.8 Å². The molecular weight excluding hydrogens is 430 g/mol. The summed E-state index contributed by atoms with van der Waals surface area (Å²) < 4.78 is 29.5. The van der Waals surface area contributed by atoms with E-state index in [-0.39, 0.29) is 15.6 Å². The molecule has 0 amide bonds. The standard InChI is InChI=1S/C19H14ClN5O4S/c1-12-16-9-13(11-21-19(16)24(22-12)14-5-3-2-4-6-14)23-30(28,29)15-7-8-17(20)18(10-15)25(26)27/h2-11,23H,1H3. The molecule has 0 atom stereocenters. The molecule has 0 unspecified atom stereocenters. The largest absolute Gasteiger partial charge is 0.289 e. The Morgan fingerprint density at radius 1 is 1.13 bits per heavy atom. The summed E-state index contributed by atoms with van der Waals surface area (Å²) in [6.07, 6.45) is 1.37. The molecule has 2 aromatic carbocycles. The molecule has 0 radical (unpaired) electrons. The number of nitrogens with one attached hydrogen (secondary N) is 1. The third kappa shape index (κ3) is 3.58. The lowest BCUT2D eigenvalue weighted by Gasteiger charge is -2.09. The third-order valence-corrected chi connectivity index (χ3v) is 6.08. The number of nitrogens with zero attached hydrogens (tertiary/aromatic N) is 4. The van der Waals surface area contributed by atoms with Crippen molar-refractivity contribution in [3.05, 3.63) is 81.6 Å². The molecular formula is C19H14ClN5O4S. The molecule has 0 spiro atoms. The summed E-state index contributed by atoms with van der Waals surface area (Å²) >= 11 is 5.76. The van der Waals surface area contributed by atoms with Crippen LogP contribution in [0.1, 0.15) is 5.69 Å². The SMILES string of the molecule is Cc1nn(-c2ccccc2)c2ncc(NS(=O)(=O)c3ccc(Cl)c([N+](=O)[O-])c3)cc12. The van der Waals surface area contributed by atoms with Crippen LogP contribution < -0.4 is 4.72 Å². The molecule has 0 saturated heterocycles. The Kier molecular flexibility index (Phi) is 4.88. The number of hydrogen-bond acceptors (Lipinski definition) is 6. The summed E-state index contributed by atoms with van der Waals surface area (Å²) in [6, 6.07) is 14.3. The minimum absolute atomic E-state index is 0.147. The van der Waals surface area contributed by atoms with Gasteiger partial charge in [0.05, 0.1) is 33.1 Å². The number of aryl methyl sites for hydroxylation is 1. The number of para-hydroxylation sites is 1. The topological polar surface area (TPSA) is 120 Å². The highest BCUT2D eigenvalue weighted by atomic mass is 35.5. The smallest absolute Gasteiger partial charge is 0.278 e. The van der Waals surface area contributed by atoms with E-state index in [4.69, 9.17) is 11.6 Å². The fourth-order valence-corrected chi connectivity index (χ4v) is 4.20. The van der Waals surface area contributed by atoms with E-state index < -0.39 is 20.6 Å². The van der Waals surface area contributed by atoms with Gasteiger partial charge in [0.25, 0.3) is 15.7 Å². The monoisotopic (exact) mass is 443 g/mol. The third-order valence-electron chi connectivity index (χ3n) is 4.38. The summed E-state index contributed by atoms with van der Waals surface area (Å²) in [5.41, 5.74) is 1.78. The quantitative estimate of drug-likeness (QED) is 0.366. The van der Waals surface area contributed by atoms with E-state index in [1.807, 2.05) is 30.3 Å². The van der Waals surface area contributed by atoms with Crippen LogP contribution in [0.2, 0.25) is 5.02 Å². The van der Waals surface area contributed by atoms with Gasteiger partial charge in [-0.2, -0.15) is 5.10 Å². The van der Waals surface area contributed by atoms with Gasteiger partial charge in [-0.3, -0.25) is 14.8 Å². The van der Waals surface area contributed by atoms with Crippen LogP contribution in [-0.4, -0.2) is 28.1 Å².